The molecule has 0 spiro atoms. The fourth-order valence-corrected chi connectivity index (χ4v) is 2.75. The minimum absolute atomic E-state index is 0.0251. The van der Waals surface area contributed by atoms with E-state index < -0.39 is 0 Å². The largest absolute Gasteiger partial charge is 0.341 e. The quantitative estimate of drug-likeness (QED) is 0.905. The Morgan fingerprint density at radius 3 is 2.88 bits per heavy atom. The van der Waals surface area contributed by atoms with E-state index in [0.29, 0.717) is 6.54 Å². The highest BCUT2D eigenvalue weighted by Crippen LogP contribution is 2.21. The second-order valence-electron chi connectivity index (χ2n) is 3.91. The van der Waals surface area contributed by atoms with E-state index in [4.69, 9.17) is 0 Å². The highest BCUT2D eigenvalue weighted by atomic mass is 79.9. The number of halogens is 1. The molecular weight excluding hydrogens is 288 g/mol. The molecule has 0 aliphatic heterocycles. The van der Waals surface area contributed by atoms with E-state index in [1.165, 1.54) is 5.56 Å². The minimum Gasteiger partial charge on any atom is -0.341 e. The molecule has 90 valence electrons. The lowest BCUT2D eigenvalue weighted by molar-refractivity contribution is -0.134. The van der Waals surface area contributed by atoms with Gasteiger partial charge in [-0.15, -0.1) is 11.3 Å². The summed E-state index contributed by atoms with van der Waals surface area (Å²) in [5, 5.41) is 5.08. The molecule has 1 aromatic heterocycles. The van der Waals surface area contributed by atoms with Gasteiger partial charge in [-0.25, -0.2) is 0 Å². The molecule has 1 unspecified atom stereocenters. The van der Waals surface area contributed by atoms with Crippen LogP contribution < -0.4 is 5.32 Å². The Bertz CT molecular complexity index is 354. The maximum Gasteiger partial charge on any atom is 0.226 e. The van der Waals surface area contributed by atoms with Gasteiger partial charge in [0.15, 0.2) is 0 Å². The van der Waals surface area contributed by atoms with Gasteiger partial charge >= 0.3 is 0 Å². The number of carbonyl (C=O) groups is 1. The number of nitrogens with one attached hydrogen (secondary N) is 1. The van der Waals surface area contributed by atoms with Crippen LogP contribution in [0.15, 0.2) is 15.2 Å². The van der Waals surface area contributed by atoms with Gasteiger partial charge in [-0.3, -0.25) is 4.79 Å². The van der Waals surface area contributed by atoms with Gasteiger partial charge < -0.3 is 10.2 Å². The molecule has 0 aliphatic carbocycles. The zero-order valence-electron chi connectivity index (χ0n) is 9.79. The third kappa shape index (κ3) is 3.88. The van der Waals surface area contributed by atoms with Crippen molar-refractivity contribution < 1.29 is 4.79 Å². The van der Waals surface area contributed by atoms with Gasteiger partial charge in [-0.2, -0.15) is 0 Å². The molecule has 0 radical (unpaired) electrons. The standard InChI is InChI=1S/C11H17BrN2OS/c1-8(5-13-2)11(15)14(3)6-9-4-10(12)16-7-9/h4,7-8,13H,5-6H2,1-3H3. The molecule has 1 heterocycles. The Labute approximate surface area is 109 Å². The number of hydrogen-bond acceptors (Lipinski definition) is 3. The van der Waals surface area contributed by atoms with Gasteiger partial charge in [-0.1, -0.05) is 6.92 Å². The maximum absolute atomic E-state index is 11.9. The number of carbonyl (C=O) groups excluding carboxylic acids is 1. The molecule has 1 rings (SSSR count). The molecule has 3 nitrogen and oxygen atoms in total. The summed E-state index contributed by atoms with van der Waals surface area (Å²) < 4.78 is 1.10. The number of amides is 1. The molecular formula is C11H17BrN2OS. The lowest BCUT2D eigenvalue weighted by atomic mass is 10.1. The molecule has 0 saturated carbocycles. The molecule has 0 aromatic carbocycles. The van der Waals surface area contributed by atoms with Crippen molar-refractivity contribution in [2.75, 3.05) is 20.6 Å². The number of rotatable bonds is 5. The van der Waals surface area contributed by atoms with Gasteiger partial charge in [0.1, 0.15) is 0 Å². The highest BCUT2D eigenvalue weighted by Gasteiger charge is 2.16. The average Bonchev–Trinajstić information content (AvgIpc) is 2.63. The van der Waals surface area contributed by atoms with Crippen molar-refractivity contribution in [3.05, 3.63) is 20.8 Å². The van der Waals surface area contributed by atoms with E-state index in [2.05, 4.69) is 32.7 Å². The van der Waals surface area contributed by atoms with E-state index in [9.17, 15) is 4.79 Å². The first kappa shape index (κ1) is 13.7. The van der Waals surface area contributed by atoms with Crippen LogP contribution in [0.3, 0.4) is 0 Å². The van der Waals surface area contributed by atoms with E-state index >= 15 is 0 Å². The molecule has 0 saturated heterocycles. The zero-order valence-corrected chi connectivity index (χ0v) is 12.2. The van der Waals surface area contributed by atoms with Crippen LogP contribution in [0.2, 0.25) is 0 Å². The Morgan fingerprint density at radius 2 is 2.38 bits per heavy atom. The molecule has 0 fully saturated rings. The maximum atomic E-state index is 11.9. The zero-order chi connectivity index (χ0) is 12.1. The van der Waals surface area contributed by atoms with Crippen molar-refractivity contribution >= 4 is 33.2 Å². The van der Waals surface area contributed by atoms with Crippen LogP contribution in [-0.2, 0) is 11.3 Å². The van der Waals surface area contributed by atoms with Gasteiger partial charge in [0, 0.05) is 26.1 Å². The predicted octanol–water partition coefficient (Wildman–Crippen LogP) is 2.32. The molecule has 1 atom stereocenters. The first-order chi connectivity index (χ1) is 7.54. The molecule has 5 heteroatoms. The van der Waals surface area contributed by atoms with Crippen molar-refractivity contribution in [2.45, 2.75) is 13.5 Å². The minimum atomic E-state index is 0.0251. The van der Waals surface area contributed by atoms with Gasteiger partial charge in [0.2, 0.25) is 5.91 Å². The van der Waals surface area contributed by atoms with E-state index in [0.717, 1.165) is 10.3 Å². The van der Waals surface area contributed by atoms with Crippen molar-refractivity contribution in [1.82, 2.24) is 10.2 Å². The molecule has 16 heavy (non-hydrogen) atoms. The highest BCUT2D eigenvalue weighted by molar-refractivity contribution is 9.11. The van der Waals surface area contributed by atoms with Crippen LogP contribution in [0.4, 0.5) is 0 Å². The van der Waals surface area contributed by atoms with Gasteiger partial charge in [-0.05, 0) is 40.0 Å². The summed E-state index contributed by atoms with van der Waals surface area (Å²) in [6.07, 6.45) is 0. The Hall–Kier alpha value is -0.390. The summed E-state index contributed by atoms with van der Waals surface area (Å²) in [6.45, 7) is 3.34. The first-order valence-corrected chi connectivity index (χ1v) is 6.84. The second-order valence-corrected chi connectivity index (χ2v) is 6.20. The lowest BCUT2D eigenvalue weighted by Crippen LogP contribution is -2.35. The molecule has 1 amide bonds. The Morgan fingerprint density at radius 1 is 1.69 bits per heavy atom. The summed E-state index contributed by atoms with van der Waals surface area (Å²) in [6, 6.07) is 2.05. The Kier molecular flexibility index (Phi) is 5.44. The average molecular weight is 305 g/mol. The first-order valence-electron chi connectivity index (χ1n) is 5.17. The summed E-state index contributed by atoms with van der Waals surface area (Å²) >= 11 is 5.06. The van der Waals surface area contributed by atoms with Crippen LogP contribution in [0.25, 0.3) is 0 Å². The third-order valence-electron chi connectivity index (χ3n) is 2.35. The summed E-state index contributed by atoms with van der Waals surface area (Å²) in [5.74, 6) is 0.203. The topological polar surface area (TPSA) is 32.3 Å². The van der Waals surface area contributed by atoms with Crippen LogP contribution in [-0.4, -0.2) is 31.4 Å². The normalized spacial score (nSPS) is 12.5. The fraction of sp³-hybridized carbons (Fsp3) is 0.545. The van der Waals surface area contributed by atoms with Crippen molar-refractivity contribution in [3.63, 3.8) is 0 Å². The summed E-state index contributed by atoms with van der Waals surface area (Å²) in [5.41, 5.74) is 1.17. The van der Waals surface area contributed by atoms with Crippen LogP contribution in [0.5, 0.6) is 0 Å². The predicted molar refractivity (Wildman–Crippen MR) is 71.6 cm³/mol. The van der Waals surface area contributed by atoms with Crippen LogP contribution >= 0.6 is 27.3 Å². The molecule has 1 aromatic rings. The van der Waals surface area contributed by atoms with E-state index in [1.54, 1.807) is 16.2 Å². The molecule has 1 N–H and O–H groups in total. The summed E-state index contributed by atoms with van der Waals surface area (Å²) in [4.78, 5) is 13.7. The number of thiophene rings is 1. The number of nitrogens with zero attached hydrogens (tertiary/aromatic N) is 1. The van der Waals surface area contributed by atoms with Crippen molar-refractivity contribution in [1.29, 1.82) is 0 Å². The van der Waals surface area contributed by atoms with Gasteiger partial charge in [0.25, 0.3) is 0 Å². The van der Waals surface area contributed by atoms with Crippen molar-refractivity contribution in [3.8, 4) is 0 Å². The monoisotopic (exact) mass is 304 g/mol. The van der Waals surface area contributed by atoms with Crippen LogP contribution in [0.1, 0.15) is 12.5 Å². The second kappa shape index (κ2) is 6.37. The molecule has 0 aliphatic rings. The Balaban J connectivity index is 2.51. The van der Waals surface area contributed by atoms with Crippen LogP contribution in [0, 0.1) is 5.92 Å². The molecule has 0 bridgehead atoms. The van der Waals surface area contributed by atoms with E-state index in [1.807, 2.05) is 21.0 Å². The third-order valence-corrected chi connectivity index (χ3v) is 3.90. The number of hydrogen-bond donors (Lipinski definition) is 1. The SMILES string of the molecule is CNCC(C)C(=O)N(C)Cc1csc(Br)c1. The fourth-order valence-electron chi connectivity index (χ4n) is 1.55. The van der Waals surface area contributed by atoms with Crippen molar-refractivity contribution in [2.24, 2.45) is 5.92 Å². The van der Waals surface area contributed by atoms with E-state index in [-0.39, 0.29) is 11.8 Å². The van der Waals surface area contributed by atoms with Gasteiger partial charge in [0.05, 0.1) is 3.79 Å². The summed E-state index contributed by atoms with van der Waals surface area (Å²) in [7, 11) is 3.71. The lowest BCUT2D eigenvalue weighted by Gasteiger charge is -2.20. The smallest absolute Gasteiger partial charge is 0.226 e.